The highest BCUT2D eigenvalue weighted by atomic mass is 15.3. The van der Waals surface area contributed by atoms with Crippen molar-refractivity contribution >= 4 is 46.4 Å². The van der Waals surface area contributed by atoms with Gasteiger partial charge in [0.2, 0.25) is 0 Å². The summed E-state index contributed by atoms with van der Waals surface area (Å²) in [6.45, 7) is 0. The van der Waals surface area contributed by atoms with Gasteiger partial charge in [0.1, 0.15) is 0 Å². The molecule has 0 fully saturated rings. The fourth-order valence-electron chi connectivity index (χ4n) is 8.40. The quantitative estimate of drug-likeness (QED) is 0.177. The number of para-hydroxylation sites is 1. The lowest BCUT2D eigenvalue weighted by Gasteiger charge is -2.09. The molecule has 2 N–H and O–H groups in total. The van der Waals surface area contributed by atoms with E-state index in [9.17, 15) is 0 Å². The molecule has 59 heavy (non-hydrogen) atoms. The largest absolute Gasteiger partial charge is 0.354 e. The van der Waals surface area contributed by atoms with Crippen LogP contribution in [0.25, 0.3) is 108 Å². The van der Waals surface area contributed by atoms with Gasteiger partial charge in [0.05, 0.1) is 45.9 Å². The Labute approximate surface area is 341 Å². The third-order valence-corrected chi connectivity index (χ3v) is 11.0. The summed E-state index contributed by atoms with van der Waals surface area (Å²) < 4.78 is 2.01. The molecule has 0 atom stereocenters. The van der Waals surface area contributed by atoms with Crippen LogP contribution in [0, 0.1) is 0 Å². The van der Waals surface area contributed by atoms with Crippen molar-refractivity contribution in [3.05, 3.63) is 205 Å². The van der Waals surface area contributed by atoms with Gasteiger partial charge in [-0.1, -0.05) is 140 Å². The smallest absolute Gasteiger partial charge is 0.0762 e. The minimum atomic E-state index is 0.852. The van der Waals surface area contributed by atoms with Crippen molar-refractivity contribution in [3.63, 3.8) is 0 Å². The SMILES string of the molecule is C1=Cc2nc1c(-c1ccccc1)c1ccc([nH]1)c(-c1ccccc1)c1nc(c(-c3ccccc3)c3[nH]c(cc3-c3ccnn3-c3ccccc3)c2-c2ccccc2)C=C1. The maximum absolute atomic E-state index is 5.53. The first-order valence-corrected chi connectivity index (χ1v) is 19.8. The summed E-state index contributed by atoms with van der Waals surface area (Å²) in [4.78, 5) is 18.9. The predicted octanol–water partition coefficient (Wildman–Crippen LogP) is 13.2. The van der Waals surface area contributed by atoms with E-state index in [2.05, 4.69) is 192 Å². The first-order chi connectivity index (χ1) is 29.3. The van der Waals surface area contributed by atoms with Gasteiger partial charge in [-0.25, -0.2) is 14.6 Å². The molecule has 278 valence electrons. The van der Waals surface area contributed by atoms with E-state index in [1.165, 1.54) is 0 Å². The summed E-state index contributed by atoms with van der Waals surface area (Å²) >= 11 is 0. The first-order valence-electron chi connectivity index (χ1n) is 19.8. The van der Waals surface area contributed by atoms with Crippen LogP contribution in [0.15, 0.2) is 182 Å². The highest BCUT2D eigenvalue weighted by molar-refractivity contribution is 6.04. The molecule has 0 saturated carbocycles. The van der Waals surface area contributed by atoms with Gasteiger partial charge in [-0.05, 0) is 83.0 Å². The van der Waals surface area contributed by atoms with Crippen molar-refractivity contribution in [2.75, 3.05) is 0 Å². The lowest BCUT2D eigenvalue weighted by atomic mass is 10.0. The van der Waals surface area contributed by atoms with Crippen molar-refractivity contribution in [1.29, 1.82) is 0 Å². The van der Waals surface area contributed by atoms with Gasteiger partial charge >= 0.3 is 0 Å². The molecular formula is C53H36N6. The van der Waals surface area contributed by atoms with Crippen LogP contribution < -0.4 is 0 Å². The monoisotopic (exact) mass is 756 g/mol. The molecule has 11 rings (SSSR count). The number of H-pyrrole nitrogens is 2. The van der Waals surface area contributed by atoms with E-state index < -0.39 is 0 Å². The Morgan fingerprint density at radius 1 is 0.373 bits per heavy atom. The summed E-state index contributed by atoms with van der Waals surface area (Å²) in [7, 11) is 0. The number of hydrogen-bond acceptors (Lipinski definition) is 3. The maximum atomic E-state index is 5.53. The second kappa shape index (κ2) is 14.4. The molecule has 0 aliphatic carbocycles. The number of aromatic nitrogens is 6. The number of hydrogen-bond donors (Lipinski definition) is 2. The van der Waals surface area contributed by atoms with Gasteiger partial charge in [0.15, 0.2) is 0 Å². The van der Waals surface area contributed by atoms with Crippen molar-refractivity contribution in [2.24, 2.45) is 0 Å². The average Bonchev–Trinajstić information content (AvgIpc) is 4.16. The van der Waals surface area contributed by atoms with Gasteiger partial charge in [0.25, 0.3) is 0 Å². The van der Waals surface area contributed by atoms with E-state index in [0.29, 0.717) is 0 Å². The van der Waals surface area contributed by atoms with Gasteiger partial charge < -0.3 is 9.97 Å². The molecule has 6 nitrogen and oxygen atoms in total. The standard InChI is InChI=1S/C53H36N6/c1-6-16-35(17-7-1)49-41-26-27-42(55-41)50(36-18-8-2-9-19-36)44-30-31-46(57-44)52(38-22-12-4-13-23-38)53-40(48-32-33-54-59(48)39-24-14-5-15-25-39)34-47(58-53)51(37-20-10-3-11-21-37)45-29-28-43(49)56-45/h1-34,55,58H. The van der Waals surface area contributed by atoms with Crippen LogP contribution in [0.4, 0.5) is 0 Å². The van der Waals surface area contributed by atoms with E-state index in [1.807, 2.05) is 29.1 Å². The molecule has 0 spiro atoms. The fraction of sp³-hybridized carbons (Fsp3) is 0. The van der Waals surface area contributed by atoms with Crippen LogP contribution in [-0.2, 0) is 0 Å². The van der Waals surface area contributed by atoms with Crippen molar-refractivity contribution in [2.45, 2.75) is 0 Å². The highest BCUT2D eigenvalue weighted by Crippen LogP contribution is 2.41. The minimum Gasteiger partial charge on any atom is -0.354 e. The second-order valence-electron chi connectivity index (χ2n) is 14.6. The molecule has 8 bridgehead atoms. The number of fused-ring (bicyclic) bond motifs is 8. The molecule has 9 aromatic rings. The summed E-state index contributed by atoms with van der Waals surface area (Å²) in [6.07, 6.45) is 10.4. The Morgan fingerprint density at radius 3 is 1.25 bits per heavy atom. The average molecular weight is 757 g/mol. The molecule has 0 saturated heterocycles. The maximum Gasteiger partial charge on any atom is 0.0762 e. The van der Waals surface area contributed by atoms with E-state index in [0.717, 1.165) is 106 Å². The third-order valence-electron chi connectivity index (χ3n) is 11.0. The first kappa shape index (κ1) is 34.2. The molecule has 6 heteroatoms. The van der Waals surface area contributed by atoms with Crippen molar-refractivity contribution in [3.8, 4) is 61.5 Å². The van der Waals surface area contributed by atoms with Crippen molar-refractivity contribution < 1.29 is 0 Å². The molecule has 0 unspecified atom stereocenters. The van der Waals surface area contributed by atoms with Crippen molar-refractivity contribution in [1.82, 2.24) is 29.7 Å². The van der Waals surface area contributed by atoms with Gasteiger partial charge in [-0.15, -0.1) is 0 Å². The van der Waals surface area contributed by atoms with E-state index in [1.54, 1.807) is 0 Å². The summed E-state index contributed by atoms with van der Waals surface area (Å²) in [5, 5.41) is 4.87. The number of rotatable bonds is 6. The lowest BCUT2D eigenvalue weighted by molar-refractivity contribution is 0.889. The molecular weight excluding hydrogens is 721 g/mol. The van der Waals surface area contributed by atoms with Crippen LogP contribution >= 0.6 is 0 Å². The van der Waals surface area contributed by atoms with E-state index >= 15 is 0 Å². The number of nitrogens with zero attached hydrogens (tertiary/aromatic N) is 4. The van der Waals surface area contributed by atoms with E-state index in [4.69, 9.17) is 15.1 Å². The normalized spacial score (nSPS) is 11.9. The number of benzene rings is 5. The highest BCUT2D eigenvalue weighted by Gasteiger charge is 2.22. The molecule has 5 aromatic carbocycles. The predicted molar refractivity (Wildman–Crippen MR) is 243 cm³/mol. The number of aromatic amines is 2. The zero-order valence-electron chi connectivity index (χ0n) is 31.9. The Hall–Kier alpha value is -8.09. The zero-order chi connectivity index (χ0) is 39.1. The second-order valence-corrected chi connectivity index (χ2v) is 14.6. The van der Waals surface area contributed by atoms with Crippen LogP contribution in [0.5, 0.6) is 0 Å². The third kappa shape index (κ3) is 6.11. The molecule has 0 amide bonds. The van der Waals surface area contributed by atoms with Gasteiger partial charge in [-0.3, -0.25) is 0 Å². The molecule has 4 aromatic heterocycles. The van der Waals surface area contributed by atoms with Crippen LogP contribution in [-0.4, -0.2) is 29.7 Å². The minimum absolute atomic E-state index is 0.852. The zero-order valence-corrected chi connectivity index (χ0v) is 31.9. The Kier molecular flexibility index (Phi) is 8.37. The number of nitrogens with one attached hydrogen (secondary N) is 2. The topological polar surface area (TPSA) is 75.2 Å². The molecule has 6 heterocycles. The molecule has 2 aliphatic heterocycles. The van der Waals surface area contributed by atoms with Crippen LogP contribution in [0.3, 0.4) is 0 Å². The molecule has 2 aliphatic rings. The van der Waals surface area contributed by atoms with Crippen LogP contribution in [0.2, 0.25) is 0 Å². The van der Waals surface area contributed by atoms with Crippen LogP contribution in [0.1, 0.15) is 22.8 Å². The Bertz CT molecular complexity index is 3230. The Morgan fingerprint density at radius 2 is 0.780 bits per heavy atom. The Balaban J connectivity index is 1.36. The van der Waals surface area contributed by atoms with E-state index in [-0.39, 0.29) is 0 Å². The van der Waals surface area contributed by atoms with Gasteiger partial charge in [-0.2, -0.15) is 5.10 Å². The fourth-order valence-corrected chi connectivity index (χ4v) is 8.40. The summed E-state index contributed by atoms with van der Waals surface area (Å²) in [6, 6.07) is 61.1. The molecule has 0 radical (unpaired) electrons. The summed E-state index contributed by atoms with van der Waals surface area (Å²) in [5.41, 5.74) is 18.4. The summed E-state index contributed by atoms with van der Waals surface area (Å²) in [5.74, 6) is 0. The van der Waals surface area contributed by atoms with Gasteiger partial charge in [0, 0.05) is 44.4 Å². The lowest BCUT2D eigenvalue weighted by Crippen LogP contribution is -1.98.